The van der Waals surface area contributed by atoms with Crippen molar-refractivity contribution in [2.45, 2.75) is 52.6 Å². The van der Waals surface area contributed by atoms with Gasteiger partial charge < -0.3 is 9.80 Å². The number of piperazine rings is 1. The highest BCUT2D eigenvalue weighted by molar-refractivity contribution is 6.33. The van der Waals surface area contributed by atoms with Crippen molar-refractivity contribution >= 4 is 34.4 Å². The molecule has 1 saturated heterocycles. The molecule has 0 spiro atoms. The Balaban J connectivity index is 1.81. The fourth-order valence-corrected chi connectivity index (χ4v) is 5.96. The molecule has 4 aromatic rings. The molecule has 0 N–H and O–H groups in total. The van der Waals surface area contributed by atoms with Gasteiger partial charge in [-0.2, -0.15) is 4.98 Å². The number of halogens is 2. The zero-order valence-corrected chi connectivity index (χ0v) is 24.5. The Hall–Kier alpha value is -4.11. The van der Waals surface area contributed by atoms with Crippen LogP contribution in [-0.4, -0.2) is 55.5 Å². The third-order valence-corrected chi connectivity index (χ3v) is 7.79. The van der Waals surface area contributed by atoms with E-state index in [1.807, 2.05) is 45.6 Å². The van der Waals surface area contributed by atoms with Crippen LogP contribution in [0.5, 0.6) is 0 Å². The summed E-state index contributed by atoms with van der Waals surface area (Å²) in [6.45, 7) is 14.3. The van der Waals surface area contributed by atoms with Crippen molar-refractivity contribution < 1.29 is 9.18 Å². The first kappa shape index (κ1) is 28.4. The number of anilines is 1. The summed E-state index contributed by atoms with van der Waals surface area (Å²) in [5, 5.41) is 0.764. The lowest BCUT2D eigenvalue weighted by Gasteiger charge is -2.44. The van der Waals surface area contributed by atoms with E-state index in [1.54, 1.807) is 35.4 Å². The van der Waals surface area contributed by atoms with Crippen LogP contribution in [0.2, 0.25) is 5.02 Å². The van der Waals surface area contributed by atoms with Crippen molar-refractivity contribution in [1.29, 1.82) is 0 Å². The summed E-state index contributed by atoms with van der Waals surface area (Å²) in [6.07, 6.45) is 3.03. The molecule has 1 aliphatic heterocycles. The van der Waals surface area contributed by atoms with Crippen LogP contribution in [0.3, 0.4) is 0 Å². The normalized spacial score (nSPS) is 17.4. The number of rotatable bonds is 5. The molecule has 2 atom stereocenters. The Morgan fingerprint density at radius 1 is 1.15 bits per heavy atom. The lowest BCUT2D eigenvalue weighted by molar-refractivity contribution is -0.130. The Labute approximate surface area is 243 Å². The van der Waals surface area contributed by atoms with Crippen LogP contribution in [0.1, 0.15) is 44.9 Å². The van der Waals surface area contributed by atoms with Gasteiger partial charge in [0.1, 0.15) is 11.6 Å². The molecule has 0 radical (unpaired) electrons. The number of benzene rings is 1. The topological polar surface area (TPSA) is 84.2 Å². The minimum atomic E-state index is -0.537. The predicted octanol–water partition coefficient (Wildman–Crippen LogP) is 5.68. The third-order valence-electron chi connectivity index (χ3n) is 7.50. The van der Waals surface area contributed by atoms with Crippen LogP contribution >= 0.6 is 11.6 Å². The lowest BCUT2D eigenvalue weighted by atomic mass is 10.0. The Morgan fingerprint density at radius 2 is 1.83 bits per heavy atom. The number of amides is 1. The molecule has 0 bridgehead atoms. The molecule has 1 fully saturated rings. The molecule has 1 aliphatic rings. The largest absolute Gasteiger partial charge is 0.355 e. The van der Waals surface area contributed by atoms with Gasteiger partial charge in [0.25, 0.3) is 0 Å². The number of carbonyl (C=O) groups excluding carboxylic acids is 1. The van der Waals surface area contributed by atoms with Crippen molar-refractivity contribution in [3.05, 3.63) is 87.8 Å². The van der Waals surface area contributed by atoms with E-state index in [2.05, 4.69) is 16.5 Å². The summed E-state index contributed by atoms with van der Waals surface area (Å²) < 4.78 is 16.4. The number of pyridine rings is 2. The van der Waals surface area contributed by atoms with E-state index in [4.69, 9.17) is 16.6 Å². The van der Waals surface area contributed by atoms with Crippen LogP contribution in [0, 0.1) is 12.7 Å². The molecule has 41 heavy (non-hydrogen) atoms. The highest BCUT2D eigenvalue weighted by Crippen LogP contribution is 2.36. The van der Waals surface area contributed by atoms with Crippen molar-refractivity contribution in [2.24, 2.45) is 0 Å². The summed E-state index contributed by atoms with van der Waals surface area (Å²) in [5.74, 6) is -0.212. The summed E-state index contributed by atoms with van der Waals surface area (Å²) >= 11 is 6.77. The molecule has 1 amide bonds. The Kier molecular flexibility index (Phi) is 7.66. The average molecular weight is 575 g/mol. The number of hydrogen-bond acceptors (Lipinski definition) is 6. The molecular weight excluding hydrogens is 543 g/mol. The second kappa shape index (κ2) is 11.0. The fraction of sp³-hybridized carbons (Fsp3) is 0.323. The van der Waals surface area contributed by atoms with Gasteiger partial charge in [-0.3, -0.25) is 9.78 Å². The number of aromatic nitrogens is 4. The minimum Gasteiger partial charge on any atom is -0.352 e. The molecular formula is C31H32ClFN6O2. The van der Waals surface area contributed by atoms with Crippen molar-refractivity contribution in [3.8, 4) is 16.9 Å². The van der Waals surface area contributed by atoms with Gasteiger partial charge >= 0.3 is 5.69 Å². The van der Waals surface area contributed by atoms with Gasteiger partial charge in [0, 0.05) is 36.9 Å². The first-order valence-corrected chi connectivity index (χ1v) is 13.9. The lowest BCUT2D eigenvalue weighted by Crippen LogP contribution is -2.58. The number of aryl methyl sites for hydroxylation is 1. The quantitative estimate of drug-likeness (QED) is 0.285. The van der Waals surface area contributed by atoms with E-state index in [1.165, 1.54) is 16.7 Å². The second-order valence-corrected chi connectivity index (χ2v) is 11.2. The highest BCUT2D eigenvalue weighted by Gasteiger charge is 2.34. The molecule has 0 saturated carbocycles. The van der Waals surface area contributed by atoms with E-state index in [9.17, 15) is 14.0 Å². The molecule has 0 aliphatic carbocycles. The van der Waals surface area contributed by atoms with E-state index in [0.29, 0.717) is 41.3 Å². The zero-order chi connectivity index (χ0) is 29.6. The van der Waals surface area contributed by atoms with Gasteiger partial charge in [0.05, 0.1) is 27.5 Å². The smallest absolute Gasteiger partial charge is 0.352 e. The maximum absolute atomic E-state index is 14.9. The Morgan fingerprint density at radius 3 is 2.46 bits per heavy atom. The van der Waals surface area contributed by atoms with Gasteiger partial charge in [-0.25, -0.2) is 18.7 Å². The van der Waals surface area contributed by atoms with Gasteiger partial charge in [-0.15, -0.1) is 0 Å². The van der Waals surface area contributed by atoms with E-state index in [0.717, 1.165) is 5.56 Å². The zero-order valence-electron chi connectivity index (χ0n) is 23.7. The standard InChI is InChI=1S/C31H32ClFN6O2/c1-7-25(40)38-19(5)15-37(16-20(38)6)29-22-14-23(32)27(21-10-8-9-11-24(21)33)35-30(22)39(31(41)36-29)28-18(4)12-13-34-26(28)17(2)3/h7-14,17,19-20H,1,15-16H2,2-6H3/t19-,20+. The van der Waals surface area contributed by atoms with Crippen molar-refractivity contribution in [3.63, 3.8) is 0 Å². The van der Waals surface area contributed by atoms with E-state index < -0.39 is 11.5 Å². The highest BCUT2D eigenvalue weighted by atomic mass is 35.5. The summed E-state index contributed by atoms with van der Waals surface area (Å²) in [6, 6.07) is 9.45. The average Bonchev–Trinajstić information content (AvgIpc) is 2.92. The van der Waals surface area contributed by atoms with Gasteiger partial charge in [-0.05, 0) is 62.6 Å². The van der Waals surface area contributed by atoms with Crippen molar-refractivity contribution in [2.75, 3.05) is 18.0 Å². The molecule has 0 unspecified atom stereocenters. The van der Waals surface area contributed by atoms with Crippen molar-refractivity contribution in [1.82, 2.24) is 24.4 Å². The van der Waals surface area contributed by atoms with Gasteiger partial charge in [0.15, 0.2) is 5.65 Å². The number of nitrogens with zero attached hydrogens (tertiary/aromatic N) is 6. The van der Waals surface area contributed by atoms with Crippen LogP contribution in [0.4, 0.5) is 10.2 Å². The SMILES string of the molecule is C=CC(=O)N1[C@H](C)CN(c2nc(=O)n(-c3c(C)ccnc3C(C)C)c3nc(-c4ccccc4F)c(Cl)cc23)C[C@@H]1C. The fourth-order valence-electron chi connectivity index (χ4n) is 5.71. The summed E-state index contributed by atoms with van der Waals surface area (Å²) in [5.41, 5.74) is 2.33. The molecule has 212 valence electrons. The summed E-state index contributed by atoms with van der Waals surface area (Å²) in [4.78, 5) is 44.3. The van der Waals surface area contributed by atoms with Crippen LogP contribution in [0.25, 0.3) is 28.0 Å². The number of fused-ring (bicyclic) bond motifs is 1. The first-order chi connectivity index (χ1) is 19.5. The molecule has 8 nitrogen and oxygen atoms in total. The number of hydrogen-bond donors (Lipinski definition) is 0. The maximum Gasteiger partial charge on any atom is 0.355 e. The van der Waals surface area contributed by atoms with Gasteiger partial charge in [-0.1, -0.05) is 44.2 Å². The van der Waals surface area contributed by atoms with Crippen LogP contribution < -0.4 is 10.6 Å². The second-order valence-electron chi connectivity index (χ2n) is 10.8. The minimum absolute atomic E-state index is 0.00189. The Bertz CT molecular complexity index is 1720. The van der Waals surface area contributed by atoms with E-state index in [-0.39, 0.29) is 40.2 Å². The van der Waals surface area contributed by atoms with Gasteiger partial charge in [0.2, 0.25) is 5.91 Å². The molecule has 5 rings (SSSR count). The summed E-state index contributed by atoms with van der Waals surface area (Å²) in [7, 11) is 0. The number of carbonyl (C=O) groups is 1. The maximum atomic E-state index is 14.9. The predicted molar refractivity (Wildman–Crippen MR) is 160 cm³/mol. The molecule has 1 aromatic carbocycles. The van der Waals surface area contributed by atoms with Crippen LogP contribution in [-0.2, 0) is 4.79 Å². The molecule has 3 aromatic heterocycles. The van der Waals surface area contributed by atoms with Crippen LogP contribution in [0.15, 0.2) is 60.0 Å². The first-order valence-electron chi connectivity index (χ1n) is 13.6. The monoisotopic (exact) mass is 574 g/mol. The van der Waals surface area contributed by atoms with E-state index >= 15 is 0 Å². The third kappa shape index (κ3) is 4.99. The molecule has 10 heteroatoms. The molecule has 4 heterocycles.